The van der Waals surface area contributed by atoms with Gasteiger partial charge in [0.25, 0.3) is 0 Å². The first kappa shape index (κ1) is 15.8. The smallest absolute Gasteiger partial charge is 0.234 e. The molecule has 20 heavy (non-hydrogen) atoms. The van der Waals surface area contributed by atoms with Crippen LogP contribution < -0.4 is 5.32 Å². The van der Waals surface area contributed by atoms with E-state index in [1.165, 1.54) is 38.5 Å². The highest BCUT2D eigenvalue weighted by molar-refractivity contribution is 5.78. The van der Waals surface area contributed by atoms with Crippen molar-refractivity contribution in [1.29, 1.82) is 0 Å². The van der Waals surface area contributed by atoms with Crippen LogP contribution in [0.5, 0.6) is 0 Å². The average molecular weight is 282 g/mol. The molecule has 1 saturated heterocycles. The van der Waals surface area contributed by atoms with Crippen LogP contribution in [0.15, 0.2) is 0 Å². The van der Waals surface area contributed by atoms with E-state index >= 15 is 0 Å². The Kier molecular flexibility index (Phi) is 6.80. The number of hydrogen-bond acceptors (Lipinski definition) is 3. The second-order valence-corrected chi connectivity index (χ2v) is 6.37. The van der Waals surface area contributed by atoms with Crippen LogP contribution in [0.1, 0.15) is 51.9 Å². The van der Waals surface area contributed by atoms with Crippen LogP contribution in [0, 0.1) is 5.92 Å². The van der Waals surface area contributed by atoms with Crippen LogP contribution >= 0.6 is 0 Å². The minimum absolute atomic E-state index is 0.215. The van der Waals surface area contributed by atoms with E-state index < -0.39 is 0 Å². The van der Waals surface area contributed by atoms with Crippen molar-refractivity contribution in [2.45, 2.75) is 57.9 Å². The summed E-state index contributed by atoms with van der Waals surface area (Å²) in [5.74, 6) is 0.830. The second kappa shape index (κ2) is 8.63. The molecule has 1 N–H and O–H groups in total. The number of carbonyl (C=O) groups is 1. The molecule has 116 valence electrons. The number of rotatable bonds is 7. The molecular weight excluding hydrogens is 252 g/mol. The van der Waals surface area contributed by atoms with Crippen LogP contribution in [0.25, 0.3) is 0 Å². The summed E-state index contributed by atoms with van der Waals surface area (Å²) in [6.45, 7) is 6.48. The maximum absolute atomic E-state index is 12.1. The maximum Gasteiger partial charge on any atom is 0.234 e. The van der Waals surface area contributed by atoms with Gasteiger partial charge in [-0.1, -0.05) is 26.2 Å². The van der Waals surface area contributed by atoms with Crippen LogP contribution in [0.3, 0.4) is 0 Å². The summed E-state index contributed by atoms with van der Waals surface area (Å²) in [5.41, 5.74) is 0. The molecule has 1 heterocycles. The Hall–Kier alpha value is -0.610. The van der Waals surface area contributed by atoms with Crippen molar-refractivity contribution in [3.63, 3.8) is 0 Å². The number of ether oxygens (including phenoxy) is 1. The van der Waals surface area contributed by atoms with E-state index in [2.05, 4.69) is 17.1 Å². The Bertz CT molecular complexity index is 290. The summed E-state index contributed by atoms with van der Waals surface area (Å²) in [6.07, 6.45) is 8.45. The van der Waals surface area contributed by atoms with Gasteiger partial charge in [-0.3, -0.25) is 9.69 Å². The Morgan fingerprint density at radius 2 is 2.05 bits per heavy atom. The fourth-order valence-electron chi connectivity index (χ4n) is 3.31. The zero-order valence-electron chi connectivity index (χ0n) is 12.9. The first-order valence-corrected chi connectivity index (χ1v) is 8.37. The molecule has 2 rings (SSSR count). The van der Waals surface area contributed by atoms with Gasteiger partial charge in [-0.2, -0.15) is 0 Å². The normalized spacial score (nSPS) is 24.9. The standard InChI is InChI=1S/C16H30N2O2/c1-2-10-20-13-14-8-9-18(11-14)12-16(19)17-15-6-4-3-5-7-15/h14-15H,2-13H2,1H3,(H,17,19)/t14-/m0/s1. The van der Waals surface area contributed by atoms with Crippen molar-refractivity contribution in [2.24, 2.45) is 5.92 Å². The molecule has 0 aromatic rings. The topological polar surface area (TPSA) is 41.6 Å². The maximum atomic E-state index is 12.1. The molecule has 0 aromatic heterocycles. The molecule has 2 fully saturated rings. The number of amides is 1. The summed E-state index contributed by atoms with van der Waals surface area (Å²) in [4.78, 5) is 14.3. The molecule has 1 saturated carbocycles. The molecule has 0 bridgehead atoms. The molecule has 0 aromatic carbocycles. The van der Waals surface area contributed by atoms with Gasteiger partial charge in [-0.25, -0.2) is 0 Å². The first-order valence-electron chi connectivity index (χ1n) is 8.37. The number of hydrogen-bond donors (Lipinski definition) is 1. The quantitative estimate of drug-likeness (QED) is 0.728. The Morgan fingerprint density at radius 1 is 1.25 bits per heavy atom. The van der Waals surface area contributed by atoms with Gasteiger partial charge in [0, 0.05) is 19.2 Å². The van der Waals surface area contributed by atoms with Crippen LogP contribution in [-0.2, 0) is 9.53 Å². The second-order valence-electron chi connectivity index (χ2n) is 6.37. The molecule has 1 aliphatic heterocycles. The third-order valence-electron chi connectivity index (χ3n) is 4.41. The molecular formula is C16H30N2O2. The summed E-state index contributed by atoms with van der Waals surface area (Å²) in [6, 6.07) is 0.433. The zero-order chi connectivity index (χ0) is 14.2. The highest BCUT2D eigenvalue weighted by atomic mass is 16.5. The van der Waals surface area contributed by atoms with Crippen molar-refractivity contribution in [2.75, 3.05) is 32.8 Å². The Labute approximate surface area is 123 Å². The summed E-state index contributed by atoms with van der Waals surface area (Å²) in [7, 11) is 0. The fraction of sp³-hybridized carbons (Fsp3) is 0.938. The highest BCUT2D eigenvalue weighted by Crippen LogP contribution is 2.18. The summed E-state index contributed by atoms with van der Waals surface area (Å²) < 4.78 is 5.61. The third kappa shape index (κ3) is 5.41. The third-order valence-corrected chi connectivity index (χ3v) is 4.41. The lowest BCUT2D eigenvalue weighted by atomic mass is 9.95. The van der Waals surface area contributed by atoms with Gasteiger partial charge in [-0.05, 0) is 38.1 Å². The Morgan fingerprint density at radius 3 is 2.80 bits per heavy atom. The summed E-state index contributed by atoms with van der Waals surface area (Å²) in [5, 5.41) is 3.20. The van der Waals surface area contributed by atoms with Crippen LogP contribution in [-0.4, -0.2) is 49.7 Å². The molecule has 1 aliphatic carbocycles. The van der Waals surface area contributed by atoms with Crippen molar-refractivity contribution < 1.29 is 9.53 Å². The predicted octanol–water partition coefficient (Wildman–Crippen LogP) is 2.18. The van der Waals surface area contributed by atoms with E-state index in [4.69, 9.17) is 4.74 Å². The predicted molar refractivity (Wildman–Crippen MR) is 80.7 cm³/mol. The van der Waals surface area contributed by atoms with E-state index in [0.29, 0.717) is 18.5 Å². The van der Waals surface area contributed by atoms with E-state index in [1.807, 2.05) is 0 Å². The molecule has 0 radical (unpaired) electrons. The fourth-order valence-corrected chi connectivity index (χ4v) is 3.31. The van der Waals surface area contributed by atoms with E-state index in [-0.39, 0.29) is 5.91 Å². The minimum Gasteiger partial charge on any atom is -0.381 e. The lowest BCUT2D eigenvalue weighted by molar-refractivity contribution is -0.123. The van der Waals surface area contributed by atoms with Gasteiger partial charge in [0.15, 0.2) is 0 Å². The molecule has 0 spiro atoms. The molecule has 2 aliphatic rings. The molecule has 4 nitrogen and oxygen atoms in total. The van der Waals surface area contributed by atoms with Gasteiger partial charge in [0.05, 0.1) is 13.2 Å². The number of carbonyl (C=O) groups excluding carboxylic acids is 1. The largest absolute Gasteiger partial charge is 0.381 e. The van der Waals surface area contributed by atoms with E-state index in [9.17, 15) is 4.79 Å². The van der Waals surface area contributed by atoms with Crippen LogP contribution in [0.4, 0.5) is 0 Å². The monoisotopic (exact) mass is 282 g/mol. The number of nitrogens with zero attached hydrogens (tertiary/aromatic N) is 1. The lowest BCUT2D eigenvalue weighted by Gasteiger charge is -2.24. The van der Waals surface area contributed by atoms with Crippen molar-refractivity contribution in [1.82, 2.24) is 10.2 Å². The van der Waals surface area contributed by atoms with Gasteiger partial charge in [0.1, 0.15) is 0 Å². The Balaban J connectivity index is 1.60. The summed E-state index contributed by atoms with van der Waals surface area (Å²) >= 11 is 0. The molecule has 1 atom stereocenters. The van der Waals surface area contributed by atoms with Crippen molar-refractivity contribution >= 4 is 5.91 Å². The first-order chi connectivity index (χ1) is 9.78. The molecule has 1 amide bonds. The average Bonchev–Trinajstić information content (AvgIpc) is 2.87. The molecule has 0 unspecified atom stereocenters. The highest BCUT2D eigenvalue weighted by Gasteiger charge is 2.25. The van der Waals surface area contributed by atoms with Gasteiger partial charge >= 0.3 is 0 Å². The van der Waals surface area contributed by atoms with Gasteiger partial charge < -0.3 is 10.1 Å². The minimum atomic E-state index is 0.215. The van der Waals surface area contributed by atoms with Gasteiger partial charge in [-0.15, -0.1) is 0 Å². The number of likely N-dealkylation sites (tertiary alicyclic amines) is 1. The van der Waals surface area contributed by atoms with E-state index in [0.717, 1.165) is 32.7 Å². The zero-order valence-corrected chi connectivity index (χ0v) is 12.9. The van der Waals surface area contributed by atoms with E-state index in [1.54, 1.807) is 0 Å². The SMILES string of the molecule is CCCOC[C@H]1CCN(CC(=O)NC2CCCCC2)C1. The molecule has 4 heteroatoms. The van der Waals surface area contributed by atoms with Crippen LogP contribution in [0.2, 0.25) is 0 Å². The van der Waals surface area contributed by atoms with Crippen molar-refractivity contribution in [3.05, 3.63) is 0 Å². The number of nitrogens with one attached hydrogen (secondary N) is 1. The lowest BCUT2D eigenvalue weighted by Crippen LogP contribution is -2.42. The van der Waals surface area contributed by atoms with Crippen molar-refractivity contribution in [3.8, 4) is 0 Å². The van der Waals surface area contributed by atoms with Gasteiger partial charge in [0.2, 0.25) is 5.91 Å².